The Hall–Kier alpha value is -3.78. The molecule has 0 aromatic heterocycles. The summed E-state index contributed by atoms with van der Waals surface area (Å²) in [6.45, 7) is 5.72. The number of carbonyl (C=O) groups excluding carboxylic acids is 1. The standard InChI is InChI=1S/C27H28N2O5S/c1-2-16-29(17-15-21-7-4-3-5-8-21)27(30)22-9-11-23(12-10-22)28-35(31,32)24-13-14-25-26(20-24)34-19-6-18-33-25/h2-5,7-14,20,28H,1,6,15-19H2. The van der Waals surface area contributed by atoms with E-state index >= 15 is 0 Å². The van der Waals surface area contributed by atoms with Crippen molar-refractivity contribution in [1.82, 2.24) is 4.90 Å². The maximum Gasteiger partial charge on any atom is 0.262 e. The number of hydrogen-bond donors (Lipinski definition) is 1. The lowest BCUT2D eigenvalue weighted by atomic mass is 10.1. The van der Waals surface area contributed by atoms with Gasteiger partial charge in [0.05, 0.1) is 18.1 Å². The van der Waals surface area contributed by atoms with Crippen LogP contribution in [0, 0.1) is 0 Å². The number of amides is 1. The Morgan fingerprint density at radius 2 is 1.69 bits per heavy atom. The summed E-state index contributed by atoms with van der Waals surface area (Å²) in [6.07, 6.45) is 3.16. The fraction of sp³-hybridized carbons (Fsp3) is 0.222. The predicted molar refractivity (Wildman–Crippen MR) is 136 cm³/mol. The van der Waals surface area contributed by atoms with Gasteiger partial charge in [0.2, 0.25) is 0 Å². The van der Waals surface area contributed by atoms with Crippen LogP contribution in [0.25, 0.3) is 0 Å². The Morgan fingerprint density at radius 3 is 2.40 bits per heavy atom. The lowest BCUT2D eigenvalue weighted by Crippen LogP contribution is -2.33. The van der Waals surface area contributed by atoms with Gasteiger partial charge in [0.25, 0.3) is 15.9 Å². The molecule has 0 saturated heterocycles. The number of nitrogens with zero attached hydrogens (tertiary/aromatic N) is 1. The van der Waals surface area contributed by atoms with Crippen molar-refractivity contribution in [2.24, 2.45) is 0 Å². The van der Waals surface area contributed by atoms with Crippen molar-refractivity contribution in [3.05, 3.63) is 96.6 Å². The SMILES string of the molecule is C=CCN(CCc1ccccc1)C(=O)c1ccc(NS(=O)(=O)c2ccc3c(c2)OCCCO3)cc1. The second kappa shape index (κ2) is 11.1. The molecule has 35 heavy (non-hydrogen) atoms. The normalized spacial score (nSPS) is 12.9. The van der Waals surface area contributed by atoms with Crippen molar-refractivity contribution in [3.63, 3.8) is 0 Å². The van der Waals surface area contributed by atoms with E-state index < -0.39 is 10.0 Å². The molecule has 1 heterocycles. The van der Waals surface area contributed by atoms with Crippen molar-refractivity contribution in [2.75, 3.05) is 31.0 Å². The minimum absolute atomic E-state index is 0.0694. The summed E-state index contributed by atoms with van der Waals surface area (Å²) in [5, 5.41) is 0. The van der Waals surface area contributed by atoms with Crippen LogP contribution in [0.4, 0.5) is 5.69 Å². The van der Waals surface area contributed by atoms with E-state index in [9.17, 15) is 13.2 Å². The largest absolute Gasteiger partial charge is 0.490 e. The van der Waals surface area contributed by atoms with Gasteiger partial charge in [-0.25, -0.2) is 8.42 Å². The highest BCUT2D eigenvalue weighted by Gasteiger charge is 2.20. The quantitative estimate of drug-likeness (QED) is 0.444. The molecular weight excluding hydrogens is 464 g/mol. The zero-order valence-electron chi connectivity index (χ0n) is 19.4. The van der Waals surface area contributed by atoms with Crippen LogP contribution in [0.15, 0.2) is 90.3 Å². The number of nitrogens with one attached hydrogen (secondary N) is 1. The van der Waals surface area contributed by atoms with E-state index in [1.54, 1.807) is 41.3 Å². The molecule has 0 saturated carbocycles. The summed E-state index contributed by atoms with van der Waals surface area (Å²) in [6, 6.07) is 20.9. The zero-order valence-corrected chi connectivity index (χ0v) is 20.2. The first-order valence-electron chi connectivity index (χ1n) is 11.4. The molecule has 0 spiro atoms. The van der Waals surface area contributed by atoms with E-state index in [4.69, 9.17) is 9.47 Å². The molecule has 3 aromatic rings. The molecule has 8 heteroatoms. The van der Waals surface area contributed by atoms with Gasteiger partial charge < -0.3 is 14.4 Å². The monoisotopic (exact) mass is 492 g/mol. The van der Waals surface area contributed by atoms with Crippen LogP contribution in [0.2, 0.25) is 0 Å². The highest BCUT2D eigenvalue weighted by Crippen LogP contribution is 2.32. The van der Waals surface area contributed by atoms with Crippen LogP contribution in [-0.2, 0) is 16.4 Å². The summed E-state index contributed by atoms with van der Waals surface area (Å²) < 4.78 is 39.5. The molecule has 0 fully saturated rings. The first-order chi connectivity index (χ1) is 17.0. The summed E-state index contributed by atoms with van der Waals surface area (Å²) in [5.74, 6) is 0.794. The molecule has 182 valence electrons. The predicted octanol–water partition coefficient (Wildman–Crippen LogP) is 4.52. The second-order valence-corrected chi connectivity index (χ2v) is 9.80. The van der Waals surface area contributed by atoms with Crippen LogP contribution >= 0.6 is 0 Å². The molecular formula is C27H28N2O5S. The van der Waals surface area contributed by atoms with E-state index in [1.807, 2.05) is 30.3 Å². The third kappa shape index (κ3) is 6.22. The maximum atomic E-state index is 13.1. The van der Waals surface area contributed by atoms with Crippen molar-refractivity contribution in [3.8, 4) is 11.5 Å². The maximum absolute atomic E-state index is 13.1. The van der Waals surface area contributed by atoms with Crippen molar-refractivity contribution in [1.29, 1.82) is 0 Å². The van der Waals surface area contributed by atoms with Crippen LogP contribution in [0.5, 0.6) is 11.5 Å². The molecule has 7 nitrogen and oxygen atoms in total. The molecule has 1 N–H and O–H groups in total. The van der Waals surface area contributed by atoms with Gasteiger partial charge in [0.15, 0.2) is 11.5 Å². The number of anilines is 1. The van der Waals surface area contributed by atoms with Crippen LogP contribution in [0.3, 0.4) is 0 Å². The molecule has 1 aliphatic rings. The van der Waals surface area contributed by atoms with Gasteiger partial charge in [-0.2, -0.15) is 0 Å². The lowest BCUT2D eigenvalue weighted by Gasteiger charge is -2.21. The molecule has 0 atom stereocenters. The Labute approximate surface area is 206 Å². The van der Waals surface area contributed by atoms with Crippen LogP contribution in [0.1, 0.15) is 22.3 Å². The van der Waals surface area contributed by atoms with Gasteiger partial charge in [-0.15, -0.1) is 6.58 Å². The molecule has 1 aliphatic heterocycles. The number of carbonyl (C=O) groups is 1. The number of ether oxygens (including phenoxy) is 2. The smallest absolute Gasteiger partial charge is 0.262 e. The molecule has 3 aromatic carbocycles. The summed E-state index contributed by atoms with van der Waals surface area (Å²) in [5.41, 5.74) is 1.97. The molecule has 0 aliphatic carbocycles. The average molecular weight is 493 g/mol. The van der Waals surface area contributed by atoms with Gasteiger partial charge in [0, 0.05) is 36.8 Å². The van der Waals surface area contributed by atoms with Crippen molar-refractivity contribution >= 4 is 21.6 Å². The van der Waals surface area contributed by atoms with E-state index in [0.29, 0.717) is 49.1 Å². The number of rotatable bonds is 9. The third-order valence-electron chi connectivity index (χ3n) is 5.56. The van der Waals surface area contributed by atoms with Crippen molar-refractivity contribution in [2.45, 2.75) is 17.7 Å². The molecule has 0 radical (unpaired) electrons. The van der Waals surface area contributed by atoms with Gasteiger partial charge in [-0.3, -0.25) is 9.52 Å². The van der Waals surface area contributed by atoms with Gasteiger partial charge in [-0.05, 0) is 48.4 Å². The van der Waals surface area contributed by atoms with Gasteiger partial charge >= 0.3 is 0 Å². The first kappa shape index (κ1) is 24.3. The summed E-state index contributed by atoms with van der Waals surface area (Å²) in [7, 11) is -3.85. The van der Waals surface area contributed by atoms with Crippen LogP contribution < -0.4 is 14.2 Å². The van der Waals surface area contributed by atoms with Gasteiger partial charge in [0.1, 0.15) is 0 Å². The zero-order chi connectivity index (χ0) is 24.7. The average Bonchev–Trinajstić information content (AvgIpc) is 3.12. The second-order valence-electron chi connectivity index (χ2n) is 8.12. The van der Waals surface area contributed by atoms with Gasteiger partial charge in [-0.1, -0.05) is 36.4 Å². The minimum Gasteiger partial charge on any atom is -0.490 e. The molecule has 0 unspecified atom stereocenters. The van der Waals surface area contributed by atoms with E-state index in [1.165, 1.54) is 12.1 Å². The molecule has 4 rings (SSSR count). The Bertz CT molecular complexity index is 1270. The fourth-order valence-electron chi connectivity index (χ4n) is 3.73. The fourth-order valence-corrected chi connectivity index (χ4v) is 4.80. The van der Waals surface area contributed by atoms with E-state index in [-0.39, 0.29) is 10.8 Å². The molecule has 1 amide bonds. The Kier molecular flexibility index (Phi) is 7.72. The number of fused-ring (bicyclic) bond motifs is 1. The Balaban J connectivity index is 1.44. The van der Waals surface area contributed by atoms with Crippen LogP contribution in [-0.4, -0.2) is 45.5 Å². The molecule has 0 bridgehead atoms. The Morgan fingerprint density at radius 1 is 0.971 bits per heavy atom. The minimum atomic E-state index is -3.85. The first-order valence-corrected chi connectivity index (χ1v) is 12.9. The summed E-state index contributed by atoms with van der Waals surface area (Å²) in [4.78, 5) is 14.8. The summed E-state index contributed by atoms with van der Waals surface area (Å²) >= 11 is 0. The highest BCUT2D eigenvalue weighted by atomic mass is 32.2. The number of benzene rings is 3. The van der Waals surface area contributed by atoms with Crippen molar-refractivity contribution < 1.29 is 22.7 Å². The van der Waals surface area contributed by atoms with E-state index in [0.717, 1.165) is 18.4 Å². The third-order valence-corrected chi connectivity index (χ3v) is 6.94. The lowest BCUT2D eigenvalue weighted by molar-refractivity contribution is 0.0775. The number of sulfonamides is 1. The number of hydrogen-bond acceptors (Lipinski definition) is 5. The van der Waals surface area contributed by atoms with E-state index in [2.05, 4.69) is 11.3 Å². The highest BCUT2D eigenvalue weighted by molar-refractivity contribution is 7.92. The topological polar surface area (TPSA) is 84.9 Å².